The molecule has 0 aliphatic heterocycles. The average Bonchev–Trinajstić information content (AvgIpc) is 2.53. The van der Waals surface area contributed by atoms with Gasteiger partial charge in [-0.05, 0) is 17.7 Å². The molecule has 0 atom stereocenters. The van der Waals surface area contributed by atoms with Gasteiger partial charge in [0.1, 0.15) is 0 Å². The predicted octanol–water partition coefficient (Wildman–Crippen LogP) is 1.28. The topological polar surface area (TPSA) is 73.5 Å². The number of hydrogen-bond donors (Lipinski definition) is 1. The van der Waals surface area contributed by atoms with E-state index in [9.17, 15) is 13.6 Å². The molecule has 7 heteroatoms. The van der Waals surface area contributed by atoms with Gasteiger partial charge >= 0.3 is 12.3 Å². The molecule has 84 valence electrons. The lowest BCUT2D eigenvalue weighted by molar-refractivity contribution is 0.0670. The number of nitrogens with zero attached hydrogens (tertiary/aromatic N) is 2. The average molecular weight is 227 g/mol. The highest BCUT2D eigenvalue weighted by Crippen LogP contribution is 2.19. The molecule has 0 unspecified atom stereocenters. The van der Waals surface area contributed by atoms with Crippen LogP contribution in [-0.2, 0) is 0 Å². The highest BCUT2D eigenvalue weighted by atomic mass is 19.3. The number of fused-ring (bicyclic) bond motifs is 1. The lowest BCUT2D eigenvalue weighted by Gasteiger charge is -1.98. The van der Waals surface area contributed by atoms with Gasteiger partial charge in [-0.25, -0.2) is 9.36 Å². The molecule has 1 heterocycles. The lowest BCUT2D eigenvalue weighted by Crippen LogP contribution is -2.14. The number of rotatable bonds is 2. The van der Waals surface area contributed by atoms with E-state index in [0.717, 1.165) is 0 Å². The third-order valence-corrected chi connectivity index (χ3v) is 2.06. The van der Waals surface area contributed by atoms with Crippen molar-refractivity contribution in [2.24, 2.45) is 10.9 Å². The molecule has 0 radical (unpaired) electrons. The maximum absolute atomic E-state index is 12.5. The fourth-order valence-corrected chi connectivity index (χ4v) is 1.40. The number of halogens is 2. The summed E-state index contributed by atoms with van der Waals surface area (Å²) in [6.07, 6.45) is 1.32. The maximum atomic E-state index is 12.5. The van der Waals surface area contributed by atoms with Crippen molar-refractivity contribution in [1.29, 1.82) is 0 Å². The van der Waals surface area contributed by atoms with E-state index in [1.165, 1.54) is 24.4 Å². The Labute approximate surface area is 87.8 Å². The Kier molecular flexibility index (Phi) is 2.43. The first kappa shape index (κ1) is 10.3. The number of benzene rings is 1. The van der Waals surface area contributed by atoms with Crippen LogP contribution in [0.15, 0.2) is 32.5 Å². The van der Waals surface area contributed by atoms with Crippen molar-refractivity contribution in [2.75, 3.05) is 0 Å². The standard InChI is InChI=1S/C9H7F2N3O2/c10-8(11)14-6-2-1-5(4-13-12)3-7(6)16-9(14)15/h1-4,8H,12H2. The van der Waals surface area contributed by atoms with Gasteiger partial charge in [0.05, 0.1) is 11.7 Å². The normalized spacial score (nSPS) is 11.9. The first-order valence-electron chi connectivity index (χ1n) is 4.30. The molecule has 0 aliphatic rings. The zero-order valence-corrected chi connectivity index (χ0v) is 7.93. The molecule has 2 rings (SSSR count). The second-order valence-electron chi connectivity index (χ2n) is 3.02. The monoisotopic (exact) mass is 227 g/mol. The van der Waals surface area contributed by atoms with Gasteiger partial charge in [0, 0.05) is 0 Å². The molecule has 0 spiro atoms. The van der Waals surface area contributed by atoms with Gasteiger partial charge in [-0.1, -0.05) is 6.07 Å². The van der Waals surface area contributed by atoms with E-state index < -0.39 is 12.3 Å². The Hall–Kier alpha value is -2.18. The van der Waals surface area contributed by atoms with E-state index in [1.54, 1.807) is 0 Å². The highest BCUT2D eigenvalue weighted by Gasteiger charge is 2.16. The minimum absolute atomic E-state index is 0.0363. The summed E-state index contributed by atoms with van der Waals surface area (Å²) in [6.45, 7) is -2.93. The molecule has 0 saturated heterocycles. The van der Waals surface area contributed by atoms with Gasteiger partial charge in [-0.15, -0.1) is 0 Å². The molecule has 0 fully saturated rings. The fraction of sp³-hybridized carbons (Fsp3) is 0.111. The Bertz CT molecular complexity index is 600. The molecule has 5 nitrogen and oxygen atoms in total. The van der Waals surface area contributed by atoms with E-state index in [2.05, 4.69) is 9.52 Å². The minimum Gasteiger partial charge on any atom is -0.408 e. The van der Waals surface area contributed by atoms with Crippen molar-refractivity contribution >= 4 is 17.3 Å². The van der Waals surface area contributed by atoms with Crippen molar-refractivity contribution in [3.63, 3.8) is 0 Å². The van der Waals surface area contributed by atoms with Crippen LogP contribution >= 0.6 is 0 Å². The second-order valence-corrected chi connectivity index (χ2v) is 3.02. The lowest BCUT2D eigenvalue weighted by atomic mass is 10.2. The molecule has 2 aromatic rings. The summed E-state index contributed by atoms with van der Waals surface area (Å²) < 4.78 is 29.9. The summed E-state index contributed by atoms with van der Waals surface area (Å²) in [5, 5.41) is 3.28. The Morgan fingerprint density at radius 2 is 2.25 bits per heavy atom. The van der Waals surface area contributed by atoms with Crippen LogP contribution < -0.4 is 11.6 Å². The molecular formula is C9H7F2N3O2. The van der Waals surface area contributed by atoms with Crippen molar-refractivity contribution in [3.8, 4) is 0 Å². The Morgan fingerprint density at radius 3 is 2.88 bits per heavy atom. The van der Waals surface area contributed by atoms with Crippen LogP contribution in [0.5, 0.6) is 0 Å². The summed E-state index contributed by atoms with van der Waals surface area (Å²) in [7, 11) is 0. The first-order valence-corrected chi connectivity index (χ1v) is 4.30. The largest absolute Gasteiger partial charge is 0.424 e. The smallest absolute Gasteiger partial charge is 0.408 e. The van der Waals surface area contributed by atoms with Crippen LogP contribution in [0, 0.1) is 0 Å². The van der Waals surface area contributed by atoms with Crippen LogP contribution in [-0.4, -0.2) is 10.8 Å². The van der Waals surface area contributed by atoms with Crippen LogP contribution in [0.25, 0.3) is 11.1 Å². The summed E-state index contributed by atoms with van der Waals surface area (Å²) >= 11 is 0. The summed E-state index contributed by atoms with van der Waals surface area (Å²) in [6, 6.07) is 4.27. The van der Waals surface area contributed by atoms with Crippen molar-refractivity contribution < 1.29 is 13.2 Å². The molecular weight excluding hydrogens is 220 g/mol. The van der Waals surface area contributed by atoms with Gasteiger partial charge < -0.3 is 10.3 Å². The zero-order valence-electron chi connectivity index (χ0n) is 7.93. The van der Waals surface area contributed by atoms with Crippen LogP contribution in [0.2, 0.25) is 0 Å². The van der Waals surface area contributed by atoms with Gasteiger partial charge in [0.15, 0.2) is 5.58 Å². The first-order chi connectivity index (χ1) is 7.63. The van der Waals surface area contributed by atoms with E-state index in [1.807, 2.05) is 0 Å². The number of hydrazone groups is 1. The molecule has 16 heavy (non-hydrogen) atoms. The van der Waals surface area contributed by atoms with Crippen molar-refractivity contribution in [3.05, 3.63) is 34.3 Å². The SMILES string of the molecule is NN=Cc1ccc2c(c1)oc(=O)n2C(F)F. The van der Waals surface area contributed by atoms with Crippen LogP contribution in [0.1, 0.15) is 12.1 Å². The van der Waals surface area contributed by atoms with Crippen LogP contribution in [0.3, 0.4) is 0 Å². The van der Waals surface area contributed by atoms with E-state index >= 15 is 0 Å². The molecule has 1 aromatic heterocycles. The fourth-order valence-electron chi connectivity index (χ4n) is 1.40. The quantitative estimate of drug-likeness (QED) is 0.477. The molecule has 2 N–H and O–H groups in total. The van der Waals surface area contributed by atoms with Gasteiger partial charge in [0.2, 0.25) is 0 Å². The highest BCUT2D eigenvalue weighted by molar-refractivity contribution is 5.86. The van der Waals surface area contributed by atoms with Gasteiger partial charge in [0.25, 0.3) is 0 Å². The molecule has 0 aliphatic carbocycles. The maximum Gasteiger partial charge on any atom is 0.424 e. The zero-order chi connectivity index (χ0) is 11.7. The van der Waals surface area contributed by atoms with E-state index in [4.69, 9.17) is 5.84 Å². The van der Waals surface area contributed by atoms with Crippen molar-refractivity contribution in [2.45, 2.75) is 6.55 Å². The third kappa shape index (κ3) is 1.56. The number of alkyl halides is 2. The third-order valence-electron chi connectivity index (χ3n) is 2.06. The number of hydrogen-bond acceptors (Lipinski definition) is 4. The summed E-state index contributed by atoms with van der Waals surface area (Å²) in [5.74, 6) is 3.85. The number of oxazole rings is 1. The minimum atomic E-state index is -2.93. The number of aromatic nitrogens is 1. The second kappa shape index (κ2) is 3.76. The van der Waals surface area contributed by atoms with Gasteiger partial charge in [-0.2, -0.15) is 13.9 Å². The van der Waals surface area contributed by atoms with E-state index in [-0.39, 0.29) is 15.7 Å². The van der Waals surface area contributed by atoms with Gasteiger partial charge in [-0.3, -0.25) is 0 Å². The predicted molar refractivity (Wildman–Crippen MR) is 53.5 cm³/mol. The molecule has 0 amide bonds. The van der Waals surface area contributed by atoms with Crippen molar-refractivity contribution in [1.82, 2.24) is 4.57 Å². The summed E-state index contributed by atoms with van der Waals surface area (Å²) in [5.41, 5.74) is 0.669. The number of nitrogens with two attached hydrogens (primary N) is 1. The summed E-state index contributed by atoms with van der Waals surface area (Å²) in [4.78, 5) is 11.1. The van der Waals surface area contributed by atoms with E-state index in [0.29, 0.717) is 5.56 Å². The Morgan fingerprint density at radius 1 is 1.50 bits per heavy atom. The molecule has 0 saturated carbocycles. The Balaban J connectivity index is 2.70. The molecule has 1 aromatic carbocycles. The van der Waals surface area contributed by atoms with Crippen LogP contribution in [0.4, 0.5) is 8.78 Å². The molecule has 0 bridgehead atoms.